The molecule has 6 nitrogen and oxygen atoms in total. The lowest BCUT2D eigenvalue weighted by Gasteiger charge is -2.15. The van der Waals surface area contributed by atoms with Gasteiger partial charge in [0.1, 0.15) is 17.7 Å². The molecule has 3 N–H and O–H groups in total. The van der Waals surface area contributed by atoms with Crippen molar-refractivity contribution in [1.29, 1.82) is 0 Å². The number of amides is 1. The van der Waals surface area contributed by atoms with Gasteiger partial charge in [0.15, 0.2) is 0 Å². The van der Waals surface area contributed by atoms with Crippen molar-refractivity contribution in [2.24, 2.45) is 0 Å². The van der Waals surface area contributed by atoms with E-state index in [1.807, 2.05) is 0 Å². The maximum absolute atomic E-state index is 13.6. The van der Waals surface area contributed by atoms with Crippen LogP contribution in [0.5, 0.6) is 0 Å². The Hall–Kier alpha value is -3.29. The summed E-state index contributed by atoms with van der Waals surface area (Å²) in [4.78, 5) is 34.1. The number of nitrogens with one attached hydrogen (secondary N) is 1. The van der Waals surface area contributed by atoms with E-state index >= 15 is 0 Å². The number of hydrogen-bond acceptors (Lipinski definition) is 3. The molecule has 26 heavy (non-hydrogen) atoms. The van der Waals surface area contributed by atoms with Crippen molar-refractivity contribution >= 4 is 17.8 Å². The second kappa shape index (κ2) is 8.19. The van der Waals surface area contributed by atoms with Crippen molar-refractivity contribution in [1.82, 2.24) is 5.32 Å². The third-order valence-electron chi connectivity index (χ3n) is 3.64. The molecule has 0 bridgehead atoms. The predicted octanol–water partition coefficient (Wildman–Crippen LogP) is 2.02. The quantitative estimate of drug-likeness (QED) is 0.698. The number of benzene rings is 2. The molecule has 0 aliphatic rings. The minimum Gasteiger partial charge on any atom is -0.480 e. The summed E-state index contributed by atoms with van der Waals surface area (Å²) < 4.78 is 26.4. The topological polar surface area (TPSA) is 104 Å². The van der Waals surface area contributed by atoms with Gasteiger partial charge in [0, 0.05) is 12.5 Å². The van der Waals surface area contributed by atoms with Crippen LogP contribution >= 0.6 is 0 Å². The van der Waals surface area contributed by atoms with Gasteiger partial charge in [-0.25, -0.2) is 18.4 Å². The molecule has 0 aliphatic heterocycles. The number of aromatic carboxylic acids is 1. The van der Waals surface area contributed by atoms with Crippen LogP contribution in [0.1, 0.15) is 21.5 Å². The third kappa shape index (κ3) is 5.10. The molecule has 0 spiro atoms. The van der Waals surface area contributed by atoms with E-state index in [4.69, 9.17) is 5.11 Å². The zero-order valence-electron chi connectivity index (χ0n) is 13.4. The first-order valence-corrected chi connectivity index (χ1v) is 7.54. The molecule has 2 aromatic carbocycles. The molecule has 0 heterocycles. The molecule has 0 unspecified atom stereocenters. The first-order chi connectivity index (χ1) is 12.3. The van der Waals surface area contributed by atoms with Crippen LogP contribution in [0, 0.1) is 11.6 Å². The Morgan fingerprint density at radius 3 is 2.19 bits per heavy atom. The molecule has 0 aromatic heterocycles. The fourth-order valence-corrected chi connectivity index (χ4v) is 2.30. The Bertz CT molecular complexity index is 836. The summed E-state index contributed by atoms with van der Waals surface area (Å²) in [6, 6.07) is 7.03. The number of carboxylic acid groups (broad SMARTS) is 2. The number of carbonyl (C=O) groups excluding carboxylic acids is 1. The molecule has 136 valence electrons. The molecule has 1 amide bonds. The van der Waals surface area contributed by atoms with E-state index in [2.05, 4.69) is 5.32 Å². The van der Waals surface area contributed by atoms with E-state index < -0.39 is 41.9 Å². The number of hydrogen-bond donors (Lipinski definition) is 3. The van der Waals surface area contributed by atoms with Crippen molar-refractivity contribution in [3.05, 3.63) is 70.8 Å². The highest BCUT2D eigenvalue weighted by atomic mass is 19.1. The summed E-state index contributed by atoms with van der Waals surface area (Å²) in [7, 11) is 0. The monoisotopic (exact) mass is 363 g/mol. The van der Waals surface area contributed by atoms with Gasteiger partial charge in [-0.2, -0.15) is 0 Å². The fraction of sp³-hybridized carbons (Fsp3) is 0.167. The van der Waals surface area contributed by atoms with Crippen LogP contribution < -0.4 is 5.32 Å². The van der Waals surface area contributed by atoms with Crippen LogP contribution in [0.4, 0.5) is 8.78 Å². The van der Waals surface area contributed by atoms with Crippen molar-refractivity contribution in [2.45, 2.75) is 18.9 Å². The smallest absolute Gasteiger partial charge is 0.335 e. The number of aliphatic carboxylic acids is 1. The van der Waals surface area contributed by atoms with E-state index in [9.17, 15) is 28.3 Å². The van der Waals surface area contributed by atoms with Crippen molar-refractivity contribution in [3.63, 3.8) is 0 Å². The van der Waals surface area contributed by atoms with E-state index in [1.54, 1.807) is 0 Å². The first-order valence-electron chi connectivity index (χ1n) is 7.54. The van der Waals surface area contributed by atoms with Gasteiger partial charge in [-0.1, -0.05) is 18.2 Å². The van der Waals surface area contributed by atoms with Gasteiger partial charge >= 0.3 is 11.9 Å². The van der Waals surface area contributed by atoms with E-state index in [-0.39, 0.29) is 17.5 Å². The summed E-state index contributed by atoms with van der Waals surface area (Å²) in [6.45, 7) is 0. The normalized spacial score (nSPS) is 11.6. The highest BCUT2D eigenvalue weighted by molar-refractivity contribution is 5.87. The van der Waals surface area contributed by atoms with Crippen LogP contribution in [0.3, 0.4) is 0 Å². The Kier molecular flexibility index (Phi) is 6.00. The van der Waals surface area contributed by atoms with Crippen molar-refractivity contribution < 1.29 is 33.4 Å². The number of carbonyl (C=O) groups is 3. The Morgan fingerprint density at radius 1 is 1.00 bits per heavy atom. The fourth-order valence-electron chi connectivity index (χ4n) is 2.30. The zero-order valence-corrected chi connectivity index (χ0v) is 13.4. The van der Waals surface area contributed by atoms with E-state index in [0.29, 0.717) is 11.6 Å². The summed E-state index contributed by atoms with van der Waals surface area (Å²) in [6.07, 6.45) is -0.513. The number of halogens is 2. The molecular weight excluding hydrogens is 348 g/mol. The highest BCUT2D eigenvalue weighted by Crippen LogP contribution is 2.11. The molecule has 2 rings (SSSR count). The average Bonchev–Trinajstić information content (AvgIpc) is 2.57. The third-order valence-corrected chi connectivity index (χ3v) is 3.64. The minimum absolute atomic E-state index is 0.0523. The Balaban J connectivity index is 2.04. The van der Waals surface area contributed by atoms with Gasteiger partial charge < -0.3 is 15.5 Å². The van der Waals surface area contributed by atoms with Crippen LogP contribution in [-0.4, -0.2) is 34.1 Å². The van der Waals surface area contributed by atoms with Crippen LogP contribution in [0.2, 0.25) is 0 Å². The summed E-state index contributed by atoms with van der Waals surface area (Å²) in [5.74, 6) is -4.80. The maximum Gasteiger partial charge on any atom is 0.335 e. The number of carboxylic acids is 2. The lowest BCUT2D eigenvalue weighted by Crippen LogP contribution is -2.43. The van der Waals surface area contributed by atoms with Crippen LogP contribution in [0.25, 0.3) is 0 Å². The van der Waals surface area contributed by atoms with Crippen LogP contribution in [-0.2, 0) is 22.4 Å². The zero-order chi connectivity index (χ0) is 19.3. The average molecular weight is 363 g/mol. The lowest BCUT2D eigenvalue weighted by molar-refractivity contribution is -0.141. The SMILES string of the molecule is O=C(Cc1ccc(F)cc1F)N[C@H](Cc1ccc(C(=O)O)cc1)C(=O)O. The largest absolute Gasteiger partial charge is 0.480 e. The molecular formula is C18H15F2NO5. The molecule has 2 aromatic rings. The maximum atomic E-state index is 13.6. The summed E-state index contributed by atoms with van der Waals surface area (Å²) >= 11 is 0. The second-order valence-electron chi connectivity index (χ2n) is 5.58. The van der Waals surface area contributed by atoms with Gasteiger partial charge in [0.25, 0.3) is 0 Å². The molecule has 0 fully saturated rings. The summed E-state index contributed by atoms with van der Waals surface area (Å²) in [5, 5.41) is 20.4. The highest BCUT2D eigenvalue weighted by Gasteiger charge is 2.21. The first kappa shape index (κ1) is 19.0. The van der Waals surface area contributed by atoms with Gasteiger partial charge in [0.2, 0.25) is 5.91 Å². The molecule has 8 heteroatoms. The van der Waals surface area contributed by atoms with Gasteiger partial charge in [0.05, 0.1) is 12.0 Å². The van der Waals surface area contributed by atoms with Gasteiger partial charge in [-0.3, -0.25) is 4.79 Å². The standard InChI is InChI=1S/C18H15F2NO5/c19-13-6-5-12(14(20)9-13)8-16(22)21-15(18(25)26)7-10-1-3-11(4-2-10)17(23)24/h1-6,9,15H,7-8H2,(H,21,22)(H,23,24)(H,25,26)/t15-/m1/s1. The van der Waals surface area contributed by atoms with Crippen molar-refractivity contribution in [2.75, 3.05) is 0 Å². The van der Waals surface area contributed by atoms with Gasteiger partial charge in [-0.05, 0) is 29.3 Å². The minimum atomic E-state index is -1.29. The molecule has 0 radical (unpaired) electrons. The van der Waals surface area contributed by atoms with Gasteiger partial charge in [-0.15, -0.1) is 0 Å². The lowest BCUT2D eigenvalue weighted by atomic mass is 10.0. The molecule has 0 saturated heterocycles. The number of rotatable bonds is 7. The molecule has 1 atom stereocenters. The Morgan fingerprint density at radius 2 is 1.65 bits per heavy atom. The van der Waals surface area contributed by atoms with Crippen molar-refractivity contribution in [3.8, 4) is 0 Å². The van der Waals surface area contributed by atoms with E-state index in [1.165, 1.54) is 24.3 Å². The van der Waals surface area contributed by atoms with E-state index in [0.717, 1.165) is 12.1 Å². The molecule has 0 saturated carbocycles. The summed E-state index contributed by atoms with van der Waals surface area (Å²) in [5.41, 5.74) is 0.506. The second-order valence-corrected chi connectivity index (χ2v) is 5.58. The van der Waals surface area contributed by atoms with Crippen LogP contribution in [0.15, 0.2) is 42.5 Å². The Labute approximate surface area is 147 Å². The predicted molar refractivity (Wildman–Crippen MR) is 86.7 cm³/mol. The molecule has 0 aliphatic carbocycles.